The van der Waals surface area contributed by atoms with Gasteiger partial charge in [0.05, 0.1) is 23.4 Å². The summed E-state index contributed by atoms with van der Waals surface area (Å²) in [5.74, 6) is 0. The lowest BCUT2D eigenvalue weighted by molar-refractivity contribution is -0.137. The molecule has 8 heteroatoms. The van der Waals surface area contributed by atoms with Gasteiger partial charge in [0, 0.05) is 5.02 Å². The summed E-state index contributed by atoms with van der Waals surface area (Å²) in [4.78, 5) is 0. The van der Waals surface area contributed by atoms with Crippen molar-refractivity contribution >= 4 is 24.8 Å². The Morgan fingerprint density at radius 3 is 2.21 bits per heavy atom. The molecular formula is C16H19BClF3O3. The van der Waals surface area contributed by atoms with E-state index in [0.29, 0.717) is 0 Å². The molecule has 0 amide bonds. The van der Waals surface area contributed by atoms with Gasteiger partial charge >= 0.3 is 13.3 Å². The van der Waals surface area contributed by atoms with Gasteiger partial charge in [0.15, 0.2) is 0 Å². The average molecular weight is 363 g/mol. The van der Waals surface area contributed by atoms with E-state index in [-0.39, 0.29) is 16.1 Å². The second-order valence-electron chi connectivity index (χ2n) is 6.69. The van der Waals surface area contributed by atoms with E-state index in [1.165, 1.54) is 18.2 Å². The minimum absolute atomic E-state index is 0.145. The van der Waals surface area contributed by atoms with Gasteiger partial charge in [-0.15, -0.1) is 0 Å². The lowest BCUT2D eigenvalue weighted by atomic mass is 9.77. The minimum Gasteiger partial charge on any atom is -0.400 e. The maximum absolute atomic E-state index is 13.2. The first-order chi connectivity index (χ1) is 10.9. The van der Waals surface area contributed by atoms with E-state index in [2.05, 4.69) is 0 Å². The van der Waals surface area contributed by atoms with E-state index in [0.717, 1.165) is 6.07 Å². The van der Waals surface area contributed by atoms with Gasteiger partial charge in [-0.05, 0) is 56.9 Å². The summed E-state index contributed by atoms with van der Waals surface area (Å²) in [6.45, 7) is 6.79. The smallest absolute Gasteiger partial charge is 0.400 e. The maximum Gasteiger partial charge on any atom is 0.492 e. The van der Waals surface area contributed by atoms with Crippen LogP contribution in [0, 0.1) is 0 Å². The highest BCUT2D eigenvalue weighted by molar-refractivity contribution is 6.55. The van der Waals surface area contributed by atoms with Gasteiger partial charge in [0.2, 0.25) is 0 Å². The lowest BCUT2D eigenvalue weighted by Gasteiger charge is -2.32. The Bertz CT molecular complexity index is 640. The quantitative estimate of drug-likeness (QED) is 0.812. The number of alkyl halides is 3. The second-order valence-corrected chi connectivity index (χ2v) is 7.13. The molecule has 132 valence electrons. The Hall–Kier alpha value is -1.02. The largest absolute Gasteiger partial charge is 0.492 e. The molecule has 0 atom stereocenters. The lowest BCUT2D eigenvalue weighted by Crippen LogP contribution is -2.41. The van der Waals surface area contributed by atoms with Gasteiger partial charge in [-0.2, -0.15) is 13.2 Å². The highest BCUT2D eigenvalue weighted by atomic mass is 35.5. The van der Waals surface area contributed by atoms with E-state index in [1.807, 2.05) is 27.7 Å². The molecule has 1 fully saturated rings. The predicted octanol–water partition coefficient (Wildman–Crippen LogP) is 4.37. The first-order valence-electron chi connectivity index (χ1n) is 7.41. The molecule has 0 aliphatic carbocycles. The predicted molar refractivity (Wildman–Crippen MR) is 87.6 cm³/mol. The van der Waals surface area contributed by atoms with Crippen molar-refractivity contribution in [2.24, 2.45) is 0 Å². The number of aliphatic hydroxyl groups excluding tert-OH is 1. The fourth-order valence-electron chi connectivity index (χ4n) is 2.29. The normalized spacial score (nSPS) is 20.5. The Kier molecular flexibility index (Phi) is 5.13. The molecule has 24 heavy (non-hydrogen) atoms. The molecule has 0 spiro atoms. The van der Waals surface area contributed by atoms with Crippen LogP contribution in [0.15, 0.2) is 23.7 Å². The summed E-state index contributed by atoms with van der Waals surface area (Å²) in [6, 6.07) is 3.29. The average Bonchev–Trinajstić information content (AvgIpc) is 2.63. The Balaban J connectivity index is 2.44. The van der Waals surface area contributed by atoms with Gasteiger partial charge in [-0.1, -0.05) is 17.7 Å². The number of hydrogen-bond donors (Lipinski definition) is 1. The van der Waals surface area contributed by atoms with Crippen molar-refractivity contribution in [1.82, 2.24) is 0 Å². The third-order valence-electron chi connectivity index (χ3n) is 4.40. The van der Waals surface area contributed by atoms with Crippen LogP contribution in [0.2, 0.25) is 5.02 Å². The Morgan fingerprint density at radius 2 is 1.75 bits per heavy atom. The molecule has 2 rings (SSSR count). The van der Waals surface area contributed by atoms with Crippen LogP contribution in [-0.4, -0.2) is 30.0 Å². The van der Waals surface area contributed by atoms with Crippen LogP contribution >= 0.6 is 11.6 Å². The van der Waals surface area contributed by atoms with Crippen molar-refractivity contribution in [2.45, 2.75) is 45.1 Å². The van der Waals surface area contributed by atoms with Gasteiger partial charge in [-0.25, -0.2) is 0 Å². The molecule has 1 N–H and O–H groups in total. The molecule has 1 heterocycles. The summed E-state index contributed by atoms with van der Waals surface area (Å²) >= 11 is 5.82. The van der Waals surface area contributed by atoms with Gasteiger partial charge in [0.1, 0.15) is 0 Å². The summed E-state index contributed by atoms with van der Waals surface area (Å²) in [6.07, 6.45) is -3.32. The molecule has 1 saturated heterocycles. The van der Waals surface area contributed by atoms with Crippen molar-refractivity contribution in [2.75, 3.05) is 6.61 Å². The monoisotopic (exact) mass is 362 g/mol. The summed E-state index contributed by atoms with van der Waals surface area (Å²) in [5, 5.41) is 9.78. The Morgan fingerprint density at radius 1 is 1.21 bits per heavy atom. The zero-order chi connectivity index (χ0) is 18.3. The molecule has 1 aliphatic heterocycles. The molecule has 0 saturated carbocycles. The molecule has 1 aliphatic rings. The third kappa shape index (κ3) is 3.80. The van der Waals surface area contributed by atoms with E-state index in [1.54, 1.807) is 0 Å². The fraction of sp³-hybridized carbons (Fsp3) is 0.500. The van der Waals surface area contributed by atoms with Crippen molar-refractivity contribution in [3.05, 3.63) is 39.8 Å². The van der Waals surface area contributed by atoms with Crippen molar-refractivity contribution in [1.29, 1.82) is 0 Å². The molecule has 0 bridgehead atoms. The SMILES string of the molecule is CC1(C)OB(C(=Cc2cc(Cl)ccc2C(F)(F)F)CO)OC1(C)C. The van der Waals surface area contributed by atoms with Crippen molar-refractivity contribution in [3.63, 3.8) is 0 Å². The summed E-state index contributed by atoms with van der Waals surface area (Å²) < 4.78 is 51.0. The first kappa shape index (κ1) is 19.3. The highest BCUT2D eigenvalue weighted by Gasteiger charge is 2.52. The van der Waals surface area contributed by atoms with Crippen LogP contribution in [0.1, 0.15) is 38.8 Å². The van der Waals surface area contributed by atoms with Gasteiger partial charge in [0.25, 0.3) is 0 Å². The van der Waals surface area contributed by atoms with Crippen molar-refractivity contribution < 1.29 is 27.6 Å². The van der Waals surface area contributed by atoms with Crippen molar-refractivity contribution in [3.8, 4) is 0 Å². The first-order valence-corrected chi connectivity index (χ1v) is 7.79. The molecule has 3 nitrogen and oxygen atoms in total. The van der Waals surface area contributed by atoms with Crippen LogP contribution in [0.4, 0.5) is 13.2 Å². The zero-order valence-electron chi connectivity index (χ0n) is 13.9. The van der Waals surface area contributed by atoms with Crippen LogP contribution in [0.5, 0.6) is 0 Å². The molecule has 0 aromatic heterocycles. The van der Waals surface area contributed by atoms with Crippen LogP contribution in [-0.2, 0) is 15.5 Å². The minimum atomic E-state index is -4.53. The standard InChI is InChI=1S/C16H19BClF3O3/c1-14(2)15(3,4)24-17(23-14)11(9-22)7-10-8-12(18)5-6-13(10)16(19,20)21/h5-8,22H,9H2,1-4H3. The molecule has 0 radical (unpaired) electrons. The van der Waals surface area contributed by atoms with Gasteiger partial charge in [-0.3, -0.25) is 0 Å². The Labute approximate surface area is 144 Å². The molecule has 0 unspecified atom stereocenters. The number of halogens is 4. The van der Waals surface area contributed by atoms with Gasteiger partial charge < -0.3 is 14.4 Å². The maximum atomic E-state index is 13.2. The number of rotatable bonds is 3. The zero-order valence-corrected chi connectivity index (χ0v) is 14.6. The summed E-state index contributed by atoms with van der Waals surface area (Å²) in [5.41, 5.74) is -2.11. The fourth-order valence-corrected chi connectivity index (χ4v) is 2.47. The topological polar surface area (TPSA) is 38.7 Å². The second kappa shape index (κ2) is 6.37. The van der Waals surface area contributed by atoms with Crippen LogP contribution in [0.3, 0.4) is 0 Å². The van der Waals surface area contributed by atoms with E-state index >= 15 is 0 Å². The number of hydrogen-bond acceptors (Lipinski definition) is 3. The molecule has 1 aromatic rings. The summed E-state index contributed by atoms with van der Waals surface area (Å²) in [7, 11) is -0.930. The van der Waals surface area contributed by atoms with E-state index < -0.39 is 36.7 Å². The molecular weight excluding hydrogens is 343 g/mol. The number of benzene rings is 1. The molecule has 1 aromatic carbocycles. The van der Waals surface area contributed by atoms with Crippen LogP contribution < -0.4 is 0 Å². The van der Waals surface area contributed by atoms with E-state index in [9.17, 15) is 18.3 Å². The number of aliphatic hydroxyl groups is 1. The van der Waals surface area contributed by atoms with Crippen LogP contribution in [0.25, 0.3) is 6.08 Å². The third-order valence-corrected chi connectivity index (χ3v) is 4.63. The van der Waals surface area contributed by atoms with E-state index in [4.69, 9.17) is 20.9 Å². The highest BCUT2D eigenvalue weighted by Crippen LogP contribution is 2.40.